The van der Waals surface area contributed by atoms with Crippen molar-refractivity contribution in [1.29, 1.82) is 0 Å². The van der Waals surface area contributed by atoms with E-state index in [1.54, 1.807) is 0 Å². The van der Waals surface area contributed by atoms with E-state index in [-0.39, 0.29) is 12.7 Å². The van der Waals surface area contributed by atoms with Gasteiger partial charge in [-0.3, -0.25) is 4.90 Å². The Bertz CT molecular complexity index is 253. The SMILES string of the molecule is CCC1CCC(O)C(CN(CCO)C2CCCC2)C1. The summed E-state index contributed by atoms with van der Waals surface area (Å²) in [7, 11) is 0. The Labute approximate surface area is 118 Å². The predicted octanol–water partition coefficient (Wildman–Crippen LogP) is 2.41. The minimum Gasteiger partial charge on any atom is -0.395 e. The molecule has 19 heavy (non-hydrogen) atoms. The molecule has 3 unspecified atom stereocenters. The van der Waals surface area contributed by atoms with Gasteiger partial charge >= 0.3 is 0 Å². The second kappa shape index (κ2) is 7.61. The smallest absolute Gasteiger partial charge is 0.0580 e. The van der Waals surface area contributed by atoms with Gasteiger partial charge in [-0.15, -0.1) is 0 Å². The van der Waals surface area contributed by atoms with Gasteiger partial charge in [0.2, 0.25) is 0 Å². The number of hydrogen-bond donors (Lipinski definition) is 2. The van der Waals surface area contributed by atoms with Gasteiger partial charge in [0, 0.05) is 19.1 Å². The lowest BCUT2D eigenvalue weighted by Gasteiger charge is -2.38. The van der Waals surface area contributed by atoms with E-state index in [2.05, 4.69) is 11.8 Å². The highest BCUT2D eigenvalue weighted by atomic mass is 16.3. The summed E-state index contributed by atoms with van der Waals surface area (Å²) in [6, 6.07) is 0.654. The molecule has 2 rings (SSSR count). The van der Waals surface area contributed by atoms with Gasteiger partial charge in [0.25, 0.3) is 0 Å². The van der Waals surface area contributed by atoms with Crippen molar-refractivity contribution in [2.75, 3.05) is 19.7 Å². The Hall–Kier alpha value is -0.120. The van der Waals surface area contributed by atoms with Gasteiger partial charge in [0.15, 0.2) is 0 Å². The topological polar surface area (TPSA) is 43.7 Å². The summed E-state index contributed by atoms with van der Waals surface area (Å²) in [5, 5.41) is 19.5. The number of hydrogen-bond acceptors (Lipinski definition) is 3. The number of aliphatic hydroxyl groups excluding tert-OH is 2. The standard InChI is InChI=1S/C16H31NO2/c1-2-13-7-8-16(19)14(11-13)12-17(9-10-18)15-5-3-4-6-15/h13-16,18-19H,2-12H2,1H3. The van der Waals surface area contributed by atoms with Crippen molar-refractivity contribution in [2.45, 2.75) is 70.4 Å². The molecule has 0 saturated heterocycles. The first-order valence-electron chi connectivity index (χ1n) is 8.27. The van der Waals surface area contributed by atoms with Crippen molar-refractivity contribution >= 4 is 0 Å². The molecule has 112 valence electrons. The second-order valence-electron chi connectivity index (χ2n) is 6.57. The Morgan fingerprint density at radius 1 is 1.11 bits per heavy atom. The Balaban J connectivity index is 1.90. The van der Waals surface area contributed by atoms with Crippen LogP contribution in [0.2, 0.25) is 0 Å². The molecular formula is C16H31NO2. The van der Waals surface area contributed by atoms with Gasteiger partial charge in [-0.1, -0.05) is 26.2 Å². The molecule has 0 heterocycles. The molecule has 2 fully saturated rings. The van der Waals surface area contributed by atoms with Crippen molar-refractivity contribution in [3.05, 3.63) is 0 Å². The molecule has 2 N–H and O–H groups in total. The van der Waals surface area contributed by atoms with E-state index in [0.717, 1.165) is 25.4 Å². The van der Waals surface area contributed by atoms with Crippen molar-refractivity contribution in [3.63, 3.8) is 0 Å². The molecular weight excluding hydrogens is 238 g/mol. The van der Waals surface area contributed by atoms with Crippen LogP contribution < -0.4 is 0 Å². The first-order chi connectivity index (χ1) is 9.24. The van der Waals surface area contributed by atoms with Crippen LogP contribution in [0.1, 0.15) is 58.3 Å². The zero-order valence-corrected chi connectivity index (χ0v) is 12.4. The van der Waals surface area contributed by atoms with Crippen molar-refractivity contribution in [1.82, 2.24) is 4.90 Å². The van der Waals surface area contributed by atoms with E-state index < -0.39 is 0 Å². The van der Waals surface area contributed by atoms with Crippen LogP contribution in [0.5, 0.6) is 0 Å². The van der Waals surface area contributed by atoms with Gasteiger partial charge in [0.1, 0.15) is 0 Å². The highest BCUT2D eigenvalue weighted by Gasteiger charge is 2.32. The van der Waals surface area contributed by atoms with Gasteiger partial charge in [-0.25, -0.2) is 0 Å². The third-order valence-electron chi connectivity index (χ3n) is 5.33. The summed E-state index contributed by atoms with van der Waals surface area (Å²) >= 11 is 0. The highest BCUT2D eigenvalue weighted by Crippen LogP contribution is 2.33. The summed E-state index contributed by atoms with van der Waals surface area (Å²) in [5.41, 5.74) is 0. The quantitative estimate of drug-likeness (QED) is 0.778. The maximum atomic E-state index is 10.3. The lowest BCUT2D eigenvalue weighted by molar-refractivity contribution is 0.0147. The molecule has 0 aromatic carbocycles. The summed E-state index contributed by atoms with van der Waals surface area (Å²) in [4.78, 5) is 2.46. The van der Waals surface area contributed by atoms with Gasteiger partial charge in [-0.2, -0.15) is 0 Å². The molecule has 0 aliphatic heterocycles. The number of aliphatic hydroxyl groups is 2. The fourth-order valence-corrected chi connectivity index (χ4v) is 4.03. The molecule has 0 bridgehead atoms. The summed E-state index contributed by atoms with van der Waals surface area (Å²) in [5.74, 6) is 1.22. The molecule has 3 heteroatoms. The number of rotatable bonds is 6. The predicted molar refractivity (Wildman–Crippen MR) is 78.0 cm³/mol. The summed E-state index contributed by atoms with van der Waals surface area (Å²) < 4.78 is 0. The van der Waals surface area contributed by atoms with Gasteiger partial charge in [0.05, 0.1) is 12.7 Å². The molecule has 0 radical (unpaired) electrons. The van der Waals surface area contributed by atoms with Crippen LogP contribution in [0.4, 0.5) is 0 Å². The molecule has 0 amide bonds. The third-order valence-corrected chi connectivity index (χ3v) is 5.33. The molecule has 3 nitrogen and oxygen atoms in total. The minimum atomic E-state index is -0.120. The summed E-state index contributed by atoms with van der Waals surface area (Å²) in [6.07, 6.45) is 9.68. The highest BCUT2D eigenvalue weighted by molar-refractivity contribution is 4.85. The monoisotopic (exact) mass is 269 g/mol. The maximum absolute atomic E-state index is 10.3. The zero-order valence-electron chi connectivity index (χ0n) is 12.4. The van der Waals surface area contributed by atoms with Crippen LogP contribution in [-0.2, 0) is 0 Å². The van der Waals surface area contributed by atoms with E-state index in [1.165, 1.54) is 44.9 Å². The van der Waals surface area contributed by atoms with Crippen LogP contribution in [-0.4, -0.2) is 47.0 Å². The van der Waals surface area contributed by atoms with E-state index in [0.29, 0.717) is 12.0 Å². The largest absolute Gasteiger partial charge is 0.395 e. The van der Waals surface area contributed by atoms with E-state index in [9.17, 15) is 10.2 Å². The fourth-order valence-electron chi connectivity index (χ4n) is 4.03. The lowest BCUT2D eigenvalue weighted by atomic mass is 9.78. The normalized spacial score (nSPS) is 33.2. The van der Waals surface area contributed by atoms with Crippen LogP contribution in [0.3, 0.4) is 0 Å². The van der Waals surface area contributed by atoms with Crippen LogP contribution in [0, 0.1) is 11.8 Å². The second-order valence-corrected chi connectivity index (χ2v) is 6.57. The first kappa shape index (κ1) is 15.3. The number of nitrogens with zero attached hydrogens (tertiary/aromatic N) is 1. The lowest BCUT2D eigenvalue weighted by Crippen LogP contribution is -2.44. The van der Waals surface area contributed by atoms with Crippen molar-refractivity contribution < 1.29 is 10.2 Å². The molecule has 0 aromatic heterocycles. The molecule has 2 saturated carbocycles. The first-order valence-corrected chi connectivity index (χ1v) is 8.27. The third kappa shape index (κ3) is 4.17. The Morgan fingerprint density at radius 3 is 2.47 bits per heavy atom. The average Bonchev–Trinajstić information content (AvgIpc) is 2.94. The van der Waals surface area contributed by atoms with E-state index in [4.69, 9.17) is 0 Å². The van der Waals surface area contributed by atoms with Crippen LogP contribution in [0.25, 0.3) is 0 Å². The fraction of sp³-hybridized carbons (Fsp3) is 1.00. The average molecular weight is 269 g/mol. The molecule has 0 spiro atoms. The van der Waals surface area contributed by atoms with Gasteiger partial charge in [-0.05, 0) is 43.9 Å². The van der Waals surface area contributed by atoms with E-state index in [1.807, 2.05) is 0 Å². The van der Waals surface area contributed by atoms with Crippen molar-refractivity contribution in [2.24, 2.45) is 11.8 Å². The van der Waals surface area contributed by atoms with Crippen LogP contribution in [0.15, 0.2) is 0 Å². The zero-order chi connectivity index (χ0) is 13.7. The Morgan fingerprint density at radius 2 is 1.84 bits per heavy atom. The molecule has 3 atom stereocenters. The van der Waals surface area contributed by atoms with Crippen LogP contribution >= 0.6 is 0 Å². The van der Waals surface area contributed by atoms with Crippen molar-refractivity contribution in [3.8, 4) is 0 Å². The molecule has 2 aliphatic rings. The summed E-state index contributed by atoms with van der Waals surface area (Å²) in [6.45, 7) is 4.28. The molecule has 2 aliphatic carbocycles. The van der Waals surface area contributed by atoms with E-state index >= 15 is 0 Å². The molecule has 0 aromatic rings. The Kier molecular flexibility index (Phi) is 6.11. The van der Waals surface area contributed by atoms with Gasteiger partial charge < -0.3 is 10.2 Å². The maximum Gasteiger partial charge on any atom is 0.0580 e. The minimum absolute atomic E-state index is 0.120.